The van der Waals surface area contributed by atoms with Crippen LogP contribution in [0.2, 0.25) is 0 Å². The molecule has 1 atom stereocenters. The Morgan fingerprint density at radius 1 is 1.24 bits per heavy atom. The highest BCUT2D eigenvalue weighted by Crippen LogP contribution is 2.18. The van der Waals surface area contributed by atoms with E-state index in [-0.39, 0.29) is 11.9 Å². The molecule has 1 aromatic rings. The smallest absolute Gasteiger partial charge is 0.243 e. The Morgan fingerprint density at radius 2 is 1.81 bits per heavy atom. The highest BCUT2D eigenvalue weighted by molar-refractivity contribution is 7.89. The van der Waals surface area contributed by atoms with Crippen LogP contribution < -0.4 is 5.73 Å². The van der Waals surface area contributed by atoms with Crippen molar-refractivity contribution < 1.29 is 8.42 Å². The molecule has 1 aliphatic rings. The van der Waals surface area contributed by atoms with E-state index in [1.807, 2.05) is 6.92 Å². The number of piperazine rings is 1. The van der Waals surface area contributed by atoms with Crippen molar-refractivity contribution in [3.8, 4) is 0 Å². The molecule has 6 nitrogen and oxygen atoms in total. The zero-order valence-electron chi connectivity index (χ0n) is 12.2. The molecule has 0 aliphatic carbocycles. The molecule has 116 valence electrons. The van der Waals surface area contributed by atoms with E-state index in [4.69, 9.17) is 11.1 Å². The van der Waals surface area contributed by atoms with Gasteiger partial charge in [0.2, 0.25) is 10.0 Å². The van der Waals surface area contributed by atoms with Crippen molar-refractivity contribution in [3.63, 3.8) is 0 Å². The fourth-order valence-electron chi connectivity index (χ4n) is 2.67. The maximum absolute atomic E-state index is 12.5. The van der Waals surface area contributed by atoms with E-state index in [0.717, 1.165) is 6.42 Å². The van der Waals surface area contributed by atoms with E-state index >= 15 is 0 Å². The van der Waals surface area contributed by atoms with Gasteiger partial charge in [-0.2, -0.15) is 4.31 Å². The first-order valence-electron chi connectivity index (χ1n) is 7.10. The third-order valence-electron chi connectivity index (χ3n) is 3.84. The van der Waals surface area contributed by atoms with Crippen molar-refractivity contribution in [1.29, 1.82) is 5.41 Å². The average molecular weight is 310 g/mol. The van der Waals surface area contributed by atoms with Gasteiger partial charge < -0.3 is 5.73 Å². The Bertz CT molecular complexity index is 580. The highest BCUT2D eigenvalue weighted by Gasteiger charge is 2.31. The molecule has 1 saturated heterocycles. The number of nitrogens with one attached hydrogen (secondary N) is 1. The van der Waals surface area contributed by atoms with Crippen molar-refractivity contribution in [2.24, 2.45) is 5.73 Å². The van der Waals surface area contributed by atoms with Crippen LogP contribution in [-0.2, 0) is 10.0 Å². The van der Waals surface area contributed by atoms with Crippen LogP contribution in [-0.4, -0.2) is 55.7 Å². The minimum absolute atomic E-state index is 0.0911. The summed E-state index contributed by atoms with van der Waals surface area (Å²) in [5.74, 6) is 0.150. The van der Waals surface area contributed by atoms with Crippen LogP contribution in [0.3, 0.4) is 0 Å². The number of benzene rings is 1. The van der Waals surface area contributed by atoms with Gasteiger partial charge in [0, 0.05) is 26.2 Å². The van der Waals surface area contributed by atoms with Gasteiger partial charge in [-0.05, 0) is 18.6 Å². The second-order valence-electron chi connectivity index (χ2n) is 5.13. The molecule has 1 fully saturated rings. The molecule has 0 aromatic heterocycles. The third-order valence-corrected chi connectivity index (χ3v) is 5.75. The molecule has 1 aliphatic heterocycles. The molecule has 2 rings (SSSR count). The zero-order valence-corrected chi connectivity index (χ0v) is 13.0. The summed E-state index contributed by atoms with van der Waals surface area (Å²) in [5, 5.41) is 7.60. The van der Waals surface area contributed by atoms with Gasteiger partial charge in [0.25, 0.3) is 0 Å². The normalized spacial score (nSPS) is 19.3. The van der Waals surface area contributed by atoms with E-state index in [1.165, 1.54) is 4.31 Å². The lowest BCUT2D eigenvalue weighted by molar-refractivity contribution is 0.163. The van der Waals surface area contributed by atoms with E-state index in [0.29, 0.717) is 31.1 Å². The molecule has 7 heteroatoms. The summed E-state index contributed by atoms with van der Waals surface area (Å²) in [6, 6.07) is 8.40. The Labute approximate surface area is 126 Å². The van der Waals surface area contributed by atoms with Crippen molar-refractivity contribution >= 4 is 15.9 Å². The number of nitrogens with zero attached hydrogens (tertiary/aromatic N) is 2. The maximum atomic E-state index is 12.5. The van der Waals surface area contributed by atoms with Crippen molar-refractivity contribution in [2.75, 3.05) is 26.2 Å². The van der Waals surface area contributed by atoms with Gasteiger partial charge in [0.05, 0.1) is 10.9 Å². The highest BCUT2D eigenvalue weighted by atomic mass is 32.2. The number of rotatable bonds is 5. The SMILES string of the molecule is CCC(C(=N)N)N1CCN(S(=O)(=O)c2ccccc2)CC1. The summed E-state index contributed by atoms with van der Waals surface area (Å²) in [5.41, 5.74) is 5.60. The quantitative estimate of drug-likeness (QED) is 0.619. The Hall–Kier alpha value is -1.44. The number of hydrogen-bond acceptors (Lipinski definition) is 4. The Balaban J connectivity index is 2.06. The van der Waals surface area contributed by atoms with Gasteiger partial charge in [-0.25, -0.2) is 8.42 Å². The topological polar surface area (TPSA) is 90.5 Å². The summed E-state index contributed by atoms with van der Waals surface area (Å²) < 4.78 is 26.5. The number of amidine groups is 1. The first kappa shape index (κ1) is 15.9. The second kappa shape index (κ2) is 6.55. The third kappa shape index (κ3) is 3.42. The fourth-order valence-corrected chi connectivity index (χ4v) is 4.12. The van der Waals surface area contributed by atoms with E-state index in [9.17, 15) is 8.42 Å². The maximum Gasteiger partial charge on any atom is 0.243 e. The predicted molar refractivity (Wildman–Crippen MR) is 82.8 cm³/mol. The molecule has 1 aromatic carbocycles. The monoisotopic (exact) mass is 310 g/mol. The van der Waals surface area contributed by atoms with Crippen molar-refractivity contribution in [1.82, 2.24) is 9.21 Å². The summed E-state index contributed by atoms with van der Waals surface area (Å²) in [6.45, 7) is 4.05. The minimum Gasteiger partial charge on any atom is -0.386 e. The van der Waals surface area contributed by atoms with Gasteiger partial charge in [0.15, 0.2) is 0 Å². The molecule has 0 saturated carbocycles. The van der Waals surface area contributed by atoms with Crippen molar-refractivity contribution in [2.45, 2.75) is 24.3 Å². The number of sulfonamides is 1. The Kier molecular flexibility index (Phi) is 4.97. The number of hydrogen-bond donors (Lipinski definition) is 2. The fraction of sp³-hybridized carbons (Fsp3) is 0.500. The Morgan fingerprint density at radius 3 is 2.29 bits per heavy atom. The first-order chi connectivity index (χ1) is 9.96. The van der Waals surface area contributed by atoms with Gasteiger partial charge in [-0.15, -0.1) is 0 Å². The summed E-state index contributed by atoms with van der Waals surface area (Å²) in [6.07, 6.45) is 0.765. The van der Waals surface area contributed by atoms with Crippen LogP contribution in [0, 0.1) is 5.41 Å². The molecular weight excluding hydrogens is 288 g/mol. The molecule has 1 unspecified atom stereocenters. The molecule has 3 N–H and O–H groups in total. The van der Waals surface area contributed by atoms with Crippen LogP contribution in [0.5, 0.6) is 0 Å². The van der Waals surface area contributed by atoms with E-state index in [1.54, 1.807) is 30.3 Å². The molecule has 21 heavy (non-hydrogen) atoms. The standard InChI is InChI=1S/C14H22N4O2S/c1-2-13(14(15)16)17-8-10-18(11-9-17)21(19,20)12-6-4-3-5-7-12/h3-7,13H,2,8-11H2,1H3,(H3,15,16). The first-order valence-corrected chi connectivity index (χ1v) is 8.54. The molecule has 0 spiro atoms. The predicted octanol–water partition coefficient (Wildman–Crippen LogP) is 0.707. The average Bonchev–Trinajstić information content (AvgIpc) is 2.49. The van der Waals surface area contributed by atoms with Crippen LogP contribution in [0.25, 0.3) is 0 Å². The van der Waals surface area contributed by atoms with Crippen molar-refractivity contribution in [3.05, 3.63) is 30.3 Å². The van der Waals surface area contributed by atoms with Gasteiger partial charge in [-0.3, -0.25) is 10.3 Å². The van der Waals surface area contributed by atoms with Crippen LogP contribution >= 0.6 is 0 Å². The largest absolute Gasteiger partial charge is 0.386 e. The molecular formula is C14H22N4O2S. The summed E-state index contributed by atoms with van der Waals surface area (Å²) in [4.78, 5) is 2.41. The van der Waals surface area contributed by atoms with Gasteiger partial charge >= 0.3 is 0 Å². The van der Waals surface area contributed by atoms with Crippen LogP contribution in [0.15, 0.2) is 35.2 Å². The number of nitrogens with two attached hydrogens (primary N) is 1. The second-order valence-corrected chi connectivity index (χ2v) is 7.07. The molecule has 1 heterocycles. The molecule has 0 bridgehead atoms. The minimum atomic E-state index is -3.42. The van der Waals surface area contributed by atoms with Crippen LogP contribution in [0.1, 0.15) is 13.3 Å². The summed E-state index contributed by atoms with van der Waals surface area (Å²) in [7, 11) is -3.42. The van der Waals surface area contributed by atoms with E-state index in [2.05, 4.69) is 4.90 Å². The van der Waals surface area contributed by atoms with Gasteiger partial charge in [0.1, 0.15) is 5.84 Å². The molecule has 0 amide bonds. The molecule has 0 radical (unpaired) electrons. The summed E-state index contributed by atoms with van der Waals surface area (Å²) >= 11 is 0. The van der Waals surface area contributed by atoms with Crippen LogP contribution in [0.4, 0.5) is 0 Å². The van der Waals surface area contributed by atoms with E-state index < -0.39 is 10.0 Å². The zero-order chi connectivity index (χ0) is 15.5. The van der Waals surface area contributed by atoms with Gasteiger partial charge in [-0.1, -0.05) is 25.1 Å². The lowest BCUT2D eigenvalue weighted by atomic mass is 10.1. The lowest BCUT2D eigenvalue weighted by Crippen LogP contribution is -2.54. The lowest BCUT2D eigenvalue weighted by Gasteiger charge is -2.37.